The summed E-state index contributed by atoms with van der Waals surface area (Å²) in [6.07, 6.45) is -24.6. The molecule has 0 saturated heterocycles. The average molecular weight is 428 g/mol. The highest BCUT2D eigenvalue weighted by molar-refractivity contribution is 7.65. The van der Waals surface area contributed by atoms with Gasteiger partial charge in [0.25, 0.3) is 6.43 Å². The zero-order chi connectivity index (χ0) is 18.0. The van der Waals surface area contributed by atoms with Crippen LogP contribution in [0.25, 0.3) is 0 Å². The number of halogens is 13. The average Bonchev–Trinajstić information content (AvgIpc) is 2.40. The molecule has 0 aliphatic heterocycles. The molecule has 0 rings (SSSR count). The molecule has 0 aromatic carbocycles. The fourth-order valence-electron chi connectivity index (χ4n) is 1.22. The number of rotatable bonds is 8. The van der Waals surface area contributed by atoms with Gasteiger partial charge in [0.15, 0.2) is 24.7 Å². The lowest BCUT2D eigenvalue weighted by Gasteiger charge is -2.30. The highest BCUT2D eigenvalue weighted by atomic mass is 35.8. The Morgan fingerprint density at radius 2 is 1.00 bits per heavy atom. The van der Waals surface area contributed by atoms with Gasteiger partial charge in [0.05, 0.1) is 0 Å². The van der Waals surface area contributed by atoms with Crippen LogP contribution in [0.4, 0.5) is 43.9 Å². The summed E-state index contributed by atoms with van der Waals surface area (Å²) in [6, 6.07) is -4.92. The van der Waals surface area contributed by atoms with Gasteiger partial charge in [-0.25, -0.2) is 43.9 Å². The van der Waals surface area contributed by atoms with E-state index in [-0.39, 0.29) is 0 Å². The van der Waals surface area contributed by atoms with E-state index in [0.29, 0.717) is 0 Å². The minimum absolute atomic E-state index is 3.83. The zero-order valence-corrected chi connectivity index (χ0v) is 13.2. The third kappa shape index (κ3) is 5.20. The molecule has 0 spiro atoms. The van der Waals surface area contributed by atoms with E-state index >= 15 is 0 Å². The summed E-state index contributed by atoms with van der Waals surface area (Å²) < 4.78 is 128. The van der Waals surface area contributed by atoms with Crippen LogP contribution in [0.15, 0.2) is 0 Å². The summed E-state index contributed by atoms with van der Waals surface area (Å²) in [4.78, 5) is 0. The Bertz CT molecular complexity index is 354. The van der Waals surface area contributed by atoms with Gasteiger partial charge in [0.2, 0.25) is 12.0 Å². The summed E-state index contributed by atoms with van der Waals surface area (Å²) >= 11 is 14.5. The Balaban J connectivity index is 5.16. The van der Waals surface area contributed by atoms with Crippen molar-refractivity contribution in [2.75, 3.05) is 0 Å². The first-order valence-corrected chi connectivity index (χ1v) is 10.3. The summed E-state index contributed by atoms with van der Waals surface area (Å²) in [5, 5.41) is 0. The Morgan fingerprint density at radius 3 is 1.32 bits per heavy atom. The van der Waals surface area contributed by atoms with E-state index in [9.17, 15) is 43.9 Å². The van der Waals surface area contributed by atoms with Crippen molar-refractivity contribution in [3.63, 3.8) is 0 Å². The van der Waals surface area contributed by atoms with Crippen molar-refractivity contribution in [2.45, 2.75) is 49.0 Å². The fraction of sp³-hybridized carbons (Fsp3) is 1.00. The molecular weight excluding hydrogens is 421 g/mol. The van der Waals surface area contributed by atoms with Crippen molar-refractivity contribution in [3.8, 4) is 0 Å². The predicted octanol–water partition coefficient (Wildman–Crippen LogP) is 5.11. The zero-order valence-electron chi connectivity index (χ0n) is 9.95. The Hall–Kier alpha value is 0.387. The van der Waals surface area contributed by atoms with Crippen molar-refractivity contribution < 1.29 is 43.9 Å². The minimum atomic E-state index is -5.39. The van der Waals surface area contributed by atoms with Crippen LogP contribution in [0.3, 0.4) is 0 Å². The van der Waals surface area contributed by atoms with Gasteiger partial charge >= 0.3 is 11.9 Å². The van der Waals surface area contributed by atoms with Gasteiger partial charge in [-0.15, -0.1) is 33.2 Å². The maximum absolute atomic E-state index is 13.2. The molecule has 134 valence electrons. The summed E-state index contributed by atoms with van der Waals surface area (Å²) in [5.41, 5.74) is 0. The van der Waals surface area contributed by atoms with Crippen molar-refractivity contribution in [3.05, 3.63) is 0 Å². The molecule has 0 radical (unpaired) electrons. The monoisotopic (exact) mass is 426 g/mol. The van der Waals surface area contributed by atoms with E-state index in [2.05, 4.69) is 0 Å². The first-order chi connectivity index (χ1) is 9.65. The number of alkyl halides is 10. The molecule has 0 aromatic heterocycles. The molecule has 0 amide bonds. The third-order valence-corrected chi connectivity index (χ3v) is 5.11. The Kier molecular flexibility index (Phi) is 8.11. The molecular formula is C8H7Cl3F10Si. The van der Waals surface area contributed by atoms with Crippen molar-refractivity contribution in [2.24, 2.45) is 0 Å². The smallest absolute Gasteiger partial charge is 0.241 e. The van der Waals surface area contributed by atoms with Crippen molar-refractivity contribution in [1.29, 1.82) is 0 Å². The van der Waals surface area contributed by atoms with E-state index in [0.717, 1.165) is 0 Å². The van der Waals surface area contributed by atoms with Gasteiger partial charge in [0.1, 0.15) is 0 Å². The van der Waals surface area contributed by atoms with Crippen LogP contribution in [0.1, 0.15) is 0 Å². The van der Waals surface area contributed by atoms with Gasteiger partial charge in [0, 0.05) is 0 Å². The maximum atomic E-state index is 13.2. The summed E-state index contributed by atoms with van der Waals surface area (Å²) in [7, 11) is 0. The molecule has 0 heterocycles. The van der Waals surface area contributed by atoms with Gasteiger partial charge in [-0.3, -0.25) is 0 Å². The van der Waals surface area contributed by atoms with Gasteiger partial charge in [-0.05, 0) is 0 Å². The molecule has 0 aromatic rings. The quantitative estimate of drug-likeness (QED) is 0.287. The SMILES string of the molecule is FC(F)C(F)C(F)C(F)C(F)C(F)C(F)(F)C(F)[Si](Cl)(Cl)Cl. The maximum Gasteiger partial charge on any atom is 0.380 e. The Morgan fingerprint density at radius 1 is 0.636 bits per heavy atom. The lowest BCUT2D eigenvalue weighted by atomic mass is 10.0. The van der Waals surface area contributed by atoms with Crippen LogP contribution in [0.2, 0.25) is 0 Å². The number of hydrogen-bond acceptors (Lipinski definition) is 0. The van der Waals surface area contributed by atoms with E-state index in [1.54, 1.807) is 0 Å². The number of hydrogen-bond donors (Lipinski definition) is 0. The molecule has 22 heavy (non-hydrogen) atoms. The Labute approximate surface area is 132 Å². The molecule has 0 fully saturated rings. The van der Waals surface area contributed by atoms with Crippen LogP contribution >= 0.6 is 33.2 Å². The normalized spacial score (nSPS) is 22.1. The van der Waals surface area contributed by atoms with E-state index in [1.165, 1.54) is 0 Å². The molecule has 0 saturated carbocycles. The van der Waals surface area contributed by atoms with Gasteiger partial charge in [-0.2, -0.15) is 0 Å². The van der Waals surface area contributed by atoms with Crippen LogP contribution in [-0.2, 0) is 0 Å². The van der Waals surface area contributed by atoms with Crippen molar-refractivity contribution >= 4 is 39.2 Å². The first-order valence-electron chi connectivity index (χ1n) is 5.22. The topological polar surface area (TPSA) is 0 Å². The highest BCUT2D eigenvalue weighted by Gasteiger charge is 2.63. The van der Waals surface area contributed by atoms with E-state index in [1.807, 2.05) is 0 Å². The molecule has 0 nitrogen and oxygen atoms in total. The van der Waals surface area contributed by atoms with Gasteiger partial charge < -0.3 is 0 Å². The standard InChI is InChI=1S/C8H7Cl3F10Si/c9-22(10,11)7(19)8(20,21)5(16)3(14)1(12)2(13)4(15)6(17)18/h1-7H. The molecule has 0 aliphatic carbocycles. The molecule has 6 unspecified atom stereocenters. The summed E-state index contributed by atoms with van der Waals surface area (Å²) in [5.74, 6) is -9.22. The fourth-order valence-corrected chi connectivity index (χ4v) is 3.13. The van der Waals surface area contributed by atoms with Crippen LogP contribution in [-0.4, -0.2) is 55.0 Å². The minimum Gasteiger partial charge on any atom is -0.241 e. The van der Waals surface area contributed by atoms with Crippen molar-refractivity contribution in [1.82, 2.24) is 0 Å². The molecule has 0 N–H and O–H groups in total. The van der Waals surface area contributed by atoms with E-state index < -0.39 is 55.0 Å². The van der Waals surface area contributed by atoms with Crippen LogP contribution < -0.4 is 0 Å². The molecule has 6 atom stereocenters. The predicted molar refractivity (Wildman–Crippen MR) is 63.6 cm³/mol. The second kappa shape index (κ2) is 7.97. The van der Waals surface area contributed by atoms with E-state index in [4.69, 9.17) is 33.2 Å². The third-order valence-electron chi connectivity index (χ3n) is 2.43. The first kappa shape index (κ1) is 22.4. The van der Waals surface area contributed by atoms with Crippen LogP contribution in [0.5, 0.6) is 0 Å². The second-order valence-corrected chi connectivity index (χ2v) is 12.8. The molecule has 0 bridgehead atoms. The molecule has 14 heteroatoms. The highest BCUT2D eigenvalue weighted by Crippen LogP contribution is 2.42. The largest absolute Gasteiger partial charge is 0.380 e. The summed E-state index contributed by atoms with van der Waals surface area (Å²) in [6.45, 7) is 0. The lowest BCUT2D eigenvalue weighted by molar-refractivity contribution is -0.145. The van der Waals surface area contributed by atoms with Crippen LogP contribution in [0, 0.1) is 0 Å². The lowest BCUT2D eigenvalue weighted by Crippen LogP contribution is -2.55. The molecule has 0 aliphatic rings. The second-order valence-electron chi connectivity index (χ2n) is 4.09. The van der Waals surface area contributed by atoms with Gasteiger partial charge in [-0.1, -0.05) is 0 Å².